The molecule has 19 heavy (non-hydrogen) atoms. The van der Waals surface area contributed by atoms with Crippen molar-refractivity contribution in [2.24, 2.45) is 0 Å². The average Bonchev–Trinajstić information content (AvgIpc) is 2.41. The fraction of sp³-hybridized carbons (Fsp3) is 0.353. The molecule has 2 heteroatoms. The molecule has 0 spiro atoms. The van der Waals surface area contributed by atoms with Gasteiger partial charge in [-0.05, 0) is 68.5 Å². The number of benzene rings is 1. The van der Waals surface area contributed by atoms with E-state index in [1.165, 1.54) is 11.1 Å². The molecule has 0 bridgehead atoms. The van der Waals surface area contributed by atoms with Crippen molar-refractivity contribution < 1.29 is 4.74 Å². The minimum absolute atomic E-state index is 0.234. The van der Waals surface area contributed by atoms with Gasteiger partial charge in [-0.3, -0.25) is 4.98 Å². The number of aromatic nitrogens is 1. The summed E-state index contributed by atoms with van der Waals surface area (Å²) in [6, 6.07) is 12.6. The maximum atomic E-state index is 5.64. The lowest BCUT2D eigenvalue weighted by Gasteiger charge is -2.10. The second-order valence-corrected chi connectivity index (χ2v) is 5.02. The van der Waals surface area contributed by atoms with Gasteiger partial charge in [-0.2, -0.15) is 0 Å². The highest BCUT2D eigenvalue weighted by Crippen LogP contribution is 2.15. The second-order valence-electron chi connectivity index (χ2n) is 5.02. The number of hydrogen-bond donors (Lipinski definition) is 0. The molecule has 0 aliphatic carbocycles. The molecule has 0 fully saturated rings. The van der Waals surface area contributed by atoms with E-state index in [2.05, 4.69) is 41.4 Å². The van der Waals surface area contributed by atoms with Crippen LogP contribution < -0.4 is 4.74 Å². The number of pyridine rings is 1. The van der Waals surface area contributed by atoms with Gasteiger partial charge in [-0.1, -0.05) is 12.1 Å². The predicted molar refractivity (Wildman–Crippen MR) is 78.5 cm³/mol. The van der Waals surface area contributed by atoms with Crippen molar-refractivity contribution in [1.29, 1.82) is 0 Å². The van der Waals surface area contributed by atoms with E-state index in [1.807, 2.05) is 26.2 Å². The van der Waals surface area contributed by atoms with Crippen LogP contribution >= 0.6 is 0 Å². The molecule has 100 valence electrons. The van der Waals surface area contributed by atoms with E-state index >= 15 is 0 Å². The third-order valence-corrected chi connectivity index (χ3v) is 2.98. The topological polar surface area (TPSA) is 22.1 Å². The second kappa shape index (κ2) is 6.93. The van der Waals surface area contributed by atoms with Gasteiger partial charge in [0.25, 0.3) is 0 Å². The third kappa shape index (κ3) is 4.74. The van der Waals surface area contributed by atoms with E-state index in [1.54, 1.807) is 0 Å². The quantitative estimate of drug-likeness (QED) is 0.777. The normalized spacial score (nSPS) is 10.7. The van der Waals surface area contributed by atoms with Gasteiger partial charge >= 0.3 is 0 Å². The summed E-state index contributed by atoms with van der Waals surface area (Å²) in [6.45, 7) is 4.09. The lowest BCUT2D eigenvalue weighted by molar-refractivity contribution is 0.242. The summed E-state index contributed by atoms with van der Waals surface area (Å²) in [4.78, 5) is 4.03. The molecule has 0 saturated heterocycles. The van der Waals surface area contributed by atoms with E-state index in [-0.39, 0.29) is 6.10 Å². The summed E-state index contributed by atoms with van der Waals surface area (Å²) in [5, 5.41) is 0. The maximum absolute atomic E-state index is 5.64. The number of ether oxygens (including phenoxy) is 1. The molecule has 0 amide bonds. The van der Waals surface area contributed by atoms with Gasteiger partial charge in [0.05, 0.1) is 6.10 Å². The highest BCUT2D eigenvalue weighted by Gasteiger charge is 1.99. The van der Waals surface area contributed by atoms with Gasteiger partial charge in [0.1, 0.15) is 5.75 Å². The minimum Gasteiger partial charge on any atom is -0.491 e. The molecule has 1 heterocycles. The fourth-order valence-electron chi connectivity index (χ4n) is 2.05. The van der Waals surface area contributed by atoms with E-state index < -0.39 is 0 Å². The van der Waals surface area contributed by atoms with Gasteiger partial charge in [-0.25, -0.2) is 0 Å². The Bertz CT molecular complexity index is 476. The molecule has 1 aromatic heterocycles. The number of aryl methyl sites for hydroxylation is 2. The molecule has 2 rings (SSSR count). The molecule has 0 aliphatic rings. The van der Waals surface area contributed by atoms with Crippen molar-refractivity contribution in [1.82, 2.24) is 4.98 Å². The van der Waals surface area contributed by atoms with Crippen molar-refractivity contribution in [3.05, 3.63) is 59.9 Å². The Labute approximate surface area is 115 Å². The third-order valence-electron chi connectivity index (χ3n) is 2.98. The van der Waals surface area contributed by atoms with Crippen molar-refractivity contribution in [3.8, 4) is 5.75 Å². The first kappa shape index (κ1) is 13.6. The average molecular weight is 255 g/mol. The number of nitrogens with zero attached hydrogens (tertiary/aromatic N) is 1. The van der Waals surface area contributed by atoms with Gasteiger partial charge in [0, 0.05) is 12.4 Å². The monoisotopic (exact) mass is 255 g/mol. The summed E-state index contributed by atoms with van der Waals surface area (Å²) < 4.78 is 5.64. The first-order valence-electron chi connectivity index (χ1n) is 6.88. The Morgan fingerprint density at radius 1 is 0.895 bits per heavy atom. The van der Waals surface area contributed by atoms with Crippen molar-refractivity contribution in [2.75, 3.05) is 0 Å². The molecular weight excluding hydrogens is 234 g/mol. The molecule has 0 aliphatic heterocycles. The summed E-state index contributed by atoms with van der Waals surface area (Å²) in [6.07, 6.45) is 7.31. The predicted octanol–water partition coefficient (Wildman–Crippen LogP) is 4.04. The van der Waals surface area contributed by atoms with Crippen LogP contribution in [0.5, 0.6) is 5.75 Å². The summed E-state index contributed by atoms with van der Waals surface area (Å²) in [5.74, 6) is 0.952. The van der Waals surface area contributed by atoms with Gasteiger partial charge in [0.15, 0.2) is 0 Å². The van der Waals surface area contributed by atoms with Crippen LogP contribution in [0.15, 0.2) is 48.8 Å². The van der Waals surface area contributed by atoms with E-state index in [0.717, 1.165) is 25.0 Å². The van der Waals surface area contributed by atoms with Crippen LogP contribution in [0.4, 0.5) is 0 Å². The first-order valence-corrected chi connectivity index (χ1v) is 6.88. The van der Waals surface area contributed by atoms with Crippen LogP contribution in [0.2, 0.25) is 0 Å². The maximum Gasteiger partial charge on any atom is 0.119 e. The standard InChI is InChI=1S/C17H21NO/c1-14(2)19-17-8-6-15(7-9-17)4-3-5-16-10-12-18-13-11-16/h6-14H,3-5H2,1-2H3. The zero-order valence-corrected chi connectivity index (χ0v) is 11.7. The van der Waals surface area contributed by atoms with Gasteiger partial charge in [0.2, 0.25) is 0 Å². The Morgan fingerprint density at radius 3 is 2.05 bits per heavy atom. The molecule has 1 aromatic carbocycles. The number of rotatable bonds is 6. The van der Waals surface area contributed by atoms with Crippen LogP contribution in [0.1, 0.15) is 31.4 Å². The molecule has 0 saturated carbocycles. The lowest BCUT2D eigenvalue weighted by Crippen LogP contribution is -2.05. The summed E-state index contributed by atoms with van der Waals surface area (Å²) in [7, 11) is 0. The van der Waals surface area contributed by atoms with E-state index in [0.29, 0.717) is 0 Å². The molecule has 0 unspecified atom stereocenters. The Kier molecular flexibility index (Phi) is 4.96. The Hall–Kier alpha value is -1.83. The summed E-state index contributed by atoms with van der Waals surface area (Å²) in [5.41, 5.74) is 2.72. The van der Waals surface area contributed by atoms with E-state index in [4.69, 9.17) is 4.74 Å². The van der Waals surface area contributed by atoms with Crippen LogP contribution in [0.25, 0.3) is 0 Å². The lowest BCUT2D eigenvalue weighted by atomic mass is 10.0. The highest BCUT2D eigenvalue weighted by atomic mass is 16.5. The SMILES string of the molecule is CC(C)Oc1ccc(CCCc2ccncc2)cc1. The molecule has 0 N–H and O–H groups in total. The first-order chi connectivity index (χ1) is 9.24. The molecule has 0 atom stereocenters. The smallest absolute Gasteiger partial charge is 0.119 e. The Morgan fingerprint density at radius 2 is 1.47 bits per heavy atom. The minimum atomic E-state index is 0.234. The molecule has 2 aromatic rings. The largest absolute Gasteiger partial charge is 0.491 e. The van der Waals surface area contributed by atoms with Gasteiger partial charge in [-0.15, -0.1) is 0 Å². The highest BCUT2D eigenvalue weighted by molar-refractivity contribution is 5.27. The molecular formula is C17H21NO. The van der Waals surface area contributed by atoms with Crippen molar-refractivity contribution >= 4 is 0 Å². The van der Waals surface area contributed by atoms with E-state index in [9.17, 15) is 0 Å². The van der Waals surface area contributed by atoms with Crippen molar-refractivity contribution in [3.63, 3.8) is 0 Å². The van der Waals surface area contributed by atoms with Gasteiger partial charge < -0.3 is 4.74 Å². The summed E-state index contributed by atoms with van der Waals surface area (Å²) >= 11 is 0. The molecule has 2 nitrogen and oxygen atoms in total. The van der Waals surface area contributed by atoms with Crippen LogP contribution in [0, 0.1) is 0 Å². The van der Waals surface area contributed by atoms with Crippen molar-refractivity contribution in [2.45, 2.75) is 39.2 Å². The van der Waals surface area contributed by atoms with Crippen LogP contribution in [-0.2, 0) is 12.8 Å². The van der Waals surface area contributed by atoms with Crippen LogP contribution in [-0.4, -0.2) is 11.1 Å². The fourth-order valence-corrected chi connectivity index (χ4v) is 2.05. The Balaban J connectivity index is 1.80. The zero-order chi connectivity index (χ0) is 13.5. The van der Waals surface area contributed by atoms with Crippen LogP contribution in [0.3, 0.4) is 0 Å². The number of hydrogen-bond acceptors (Lipinski definition) is 2. The zero-order valence-electron chi connectivity index (χ0n) is 11.7. The molecule has 0 radical (unpaired) electrons.